The Hall–Kier alpha value is -1.43. The Balaban J connectivity index is 2.05. The van der Waals surface area contributed by atoms with Gasteiger partial charge in [0.2, 0.25) is 0 Å². The van der Waals surface area contributed by atoms with Crippen molar-refractivity contribution < 1.29 is 9.47 Å². The first kappa shape index (κ1) is 14.5. The number of hydrogen-bond acceptors (Lipinski definition) is 3. The number of hydrogen-bond donors (Lipinski definition) is 1. The Bertz CT molecular complexity index is 657. The molecular weight excluding hydrogens is 377 g/mol. The van der Waals surface area contributed by atoms with Gasteiger partial charge in [-0.05, 0) is 58.3 Å². The largest absolute Gasteiger partial charge is 0.493 e. The number of para-hydroxylation sites is 1. The van der Waals surface area contributed by atoms with Crippen LogP contribution in [-0.4, -0.2) is 20.8 Å². The number of benzene rings is 2. The predicted molar refractivity (Wildman–Crippen MR) is 93.7 cm³/mol. The van der Waals surface area contributed by atoms with Crippen molar-refractivity contribution in [3.05, 3.63) is 51.1 Å². The van der Waals surface area contributed by atoms with Gasteiger partial charge in [-0.15, -0.1) is 0 Å². The number of rotatable bonds is 3. The number of nitrogens with one attached hydrogen (secondary N) is 1. The molecule has 0 saturated carbocycles. The molecule has 0 aromatic heterocycles. The van der Waals surface area contributed by atoms with Gasteiger partial charge < -0.3 is 14.8 Å². The Kier molecular flexibility index (Phi) is 4.24. The standard InChI is InChI=1S/C17H18INO2/c1-20-15-7-6-11(10-16(15)21-2)12-8-9-19-17-13(12)4-3-5-14(17)18/h3-7,10,12,19H,8-9H2,1-2H3. The molecule has 0 saturated heterocycles. The van der Waals surface area contributed by atoms with Gasteiger partial charge in [0.25, 0.3) is 0 Å². The van der Waals surface area contributed by atoms with Gasteiger partial charge >= 0.3 is 0 Å². The first-order valence-electron chi connectivity index (χ1n) is 6.98. The van der Waals surface area contributed by atoms with Crippen molar-refractivity contribution in [2.24, 2.45) is 0 Å². The minimum absolute atomic E-state index is 0.399. The maximum absolute atomic E-state index is 5.44. The van der Waals surface area contributed by atoms with Crippen molar-refractivity contribution in [2.75, 3.05) is 26.1 Å². The third-order valence-electron chi connectivity index (χ3n) is 3.97. The number of halogens is 1. The van der Waals surface area contributed by atoms with E-state index in [0.717, 1.165) is 24.5 Å². The quantitative estimate of drug-likeness (QED) is 0.789. The molecule has 0 amide bonds. The number of fused-ring (bicyclic) bond motifs is 1. The van der Waals surface area contributed by atoms with Gasteiger partial charge in [0.05, 0.1) is 19.9 Å². The van der Waals surface area contributed by atoms with E-state index < -0.39 is 0 Å². The average Bonchev–Trinajstić information content (AvgIpc) is 2.54. The number of ether oxygens (including phenoxy) is 2. The van der Waals surface area contributed by atoms with Gasteiger partial charge in [-0.2, -0.15) is 0 Å². The Morgan fingerprint density at radius 3 is 2.67 bits per heavy atom. The molecular formula is C17H18INO2. The van der Waals surface area contributed by atoms with E-state index >= 15 is 0 Å². The molecule has 0 fully saturated rings. The van der Waals surface area contributed by atoms with Gasteiger partial charge in [-0.1, -0.05) is 18.2 Å². The molecule has 1 atom stereocenters. The van der Waals surface area contributed by atoms with Crippen LogP contribution in [0.25, 0.3) is 0 Å². The fourth-order valence-corrected chi connectivity index (χ4v) is 3.64. The highest BCUT2D eigenvalue weighted by atomic mass is 127. The zero-order valence-corrected chi connectivity index (χ0v) is 14.3. The zero-order valence-electron chi connectivity index (χ0n) is 12.2. The molecule has 1 aliphatic rings. The minimum Gasteiger partial charge on any atom is -0.493 e. The molecule has 4 heteroatoms. The first-order valence-corrected chi connectivity index (χ1v) is 8.06. The summed E-state index contributed by atoms with van der Waals surface area (Å²) in [5, 5.41) is 3.52. The molecule has 3 nitrogen and oxygen atoms in total. The third kappa shape index (κ3) is 2.69. The van der Waals surface area contributed by atoms with Gasteiger partial charge in [0.15, 0.2) is 11.5 Å². The summed E-state index contributed by atoms with van der Waals surface area (Å²) in [5.74, 6) is 1.97. The Morgan fingerprint density at radius 2 is 1.90 bits per heavy atom. The number of anilines is 1. The highest BCUT2D eigenvalue weighted by Crippen LogP contribution is 2.41. The summed E-state index contributed by atoms with van der Waals surface area (Å²) >= 11 is 2.39. The summed E-state index contributed by atoms with van der Waals surface area (Å²) in [6.07, 6.45) is 1.09. The SMILES string of the molecule is COc1ccc(C2CCNc3c(I)cccc32)cc1OC. The lowest BCUT2D eigenvalue weighted by Crippen LogP contribution is -2.18. The first-order chi connectivity index (χ1) is 10.2. The van der Waals surface area contributed by atoms with E-state index in [1.807, 2.05) is 6.07 Å². The Morgan fingerprint density at radius 1 is 1.10 bits per heavy atom. The van der Waals surface area contributed by atoms with Gasteiger partial charge in [0, 0.05) is 16.0 Å². The van der Waals surface area contributed by atoms with Crippen LogP contribution in [0.3, 0.4) is 0 Å². The van der Waals surface area contributed by atoms with Crippen LogP contribution in [0.5, 0.6) is 11.5 Å². The molecule has 0 radical (unpaired) electrons. The predicted octanol–water partition coefficient (Wildman–Crippen LogP) is 4.26. The fourth-order valence-electron chi connectivity index (χ4n) is 2.93. The maximum atomic E-state index is 5.44. The van der Waals surface area contributed by atoms with E-state index in [0.29, 0.717) is 5.92 Å². The van der Waals surface area contributed by atoms with Gasteiger partial charge in [0.1, 0.15) is 0 Å². The molecule has 110 valence electrons. The maximum Gasteiger partial charge on any atom is 0.161 e. The van der Waals surface area contributed by atoms with Crippen LogP contribution in [-0.2, 0) is 0 Å². The second-order valence-electron chi connectivity index (χ2n) is 5.09. The molecule has 0 aliphatic carbocycles. The average molecular weight is 395 g/mol. The monoisotopic (exact) mass is 395 g/mol. The highest BCUT2D eigenvalue weighted by Gasteiger charge is 2.23. The molecule has 0 spiro atoms. The minimum atomic E-state index is 0.399. The van der Waals surface area contributed by atoms with Crippen LogP contribution < -0.4 is 14.8 Å². The molecule has 1 aliphatic heterocycles. The zero-order chi connectivity index (χ0) is 14.8. The molecule has 2 aromatic rings. The Labute approximate surface area is 138 Å². The molecule has 3 rings (SSSR count). The van der Waals surface area contributed by atoms with E-state index in [9.17, 15) is 0 Å². The highest BCUT2D eigenvalue weighted by molar-refractivity contribution is 14.1. The lowest BCUT2D eigenvalue weighted by atomic mass is 9.85. The fraction of sp³-hybridized carbons (Fsp3) is 0.294. The van der Waals surface area contributed by atoms with Crippen LogP contribution >= 0.6 is 22.6 Å². The summed E-state index contributed by atoms with van der Waals surface area (Å²) in [6, 6.07) is 12.7. The normalized spacial score (nSPS) is 16.8. The van der Waals surface area contributed by atoms with Crippen LogP contribution in [0.15, 0.2) is 36.4 Å². The lowest BCUT2D eigenvalue weighted by Gasteiger charge is -2.28. The number of methoxy groups -OCH3 is 2. The summed E-state index contributed by atoms with van der Waals surface area (Å²) < 4.78 is 12.0. The smallest absolute Gasteiger partial charge is 0.161 e. The summed E-state index contributed by atoms with van der Waals surface area (Å²) in [7, 11) is 3.35. The van der Waals surface area contributed by atoms with E-state index in [-0.39, 0.29) is 0 Å². The molecule has 1 heterocycles. The molecule has 1 unspecified atom stereocenters. The van der Waals surface area contributed by atoms with Crippen molar-refractivity contribution in [1.82, 2.24) is 0 Å². The topological polar surface area (TPSA) is 30.5 Å². The van der Waals surface area contributed by atoms with E-state index in [2.05, 4.69) is 58.2 Å². The van der Waals surface area contributed by atoms with Crippen LogP contribution in [0, 0.1) is 3.57 Å². The molecule has 2 aromatic carbocycles. The summed E-state index contributed by atoms with van der Waals surface area (Å²) in [4.78, 5) is 0. The van der Waals surface area contributed by atoms with Crippen molar-refractivity contribution in [3.8, 4) is 11.5 Å². The second kappa shape index (κ2) is 6.13. The van der Waals surface area contributed by atoms with Gasteiger partial charge in [-0.3, -0.25) is 0 Å². The van der Waals surface area contributed by atoms with Crippen LogP contribution in [0.4, 0.5) is 5.69 Å². The van der Waals surface area contributed by atoms with Crippen molar-refractivity contribution >= 4 is 28.3 Å². The van der Waals surface area contributed by atoms with Crippen LogP contribution in [0.2, 0.25) is 0 Å². The molecule has 0 bridgehead atoms. The third-order valence-corrected chi connectivity index (χ3v) is 4.86. The van der Waals surface area contributed by atoms with Crippen molar-refractivity contribution in [1.29, 1.82) is 0 Å². The second-order valence-corrected chi connectivity index (χ2v) is 6.25. The lowest BCUT2D eigenvalue weighted by molar-refractivity contribution is 0.354. The van der Waals surface area contributed by atoms with Crippen LogP contribution in [0.1, 0.15) is 23.5 Å². The van der Waals surface area contributed by atoms with E-state index in [1.165, 1.54) is 20.4 Å². The van der Waals surface area contributed by atoms with E-state index in [1.54, 1.807) is 14.2 Å². The van der Waals surface area contributed by atoms with E-state index in [4.69, 9.17) is 9.47 Å². The molecule has 1 N–H and O–H groups in total. The van der Waals surface area contributed by atoms with Crippen molar-refractivity contribution in [3.63, 3.8) is 0 Å². The molecule has 21 heavy (non-hydrogen) atoms. The summed E-state index contributed by atoms with van der Waals surface area (Å²) in [6.45, 7) is 0.992. The van der Waals surface area contributed by atoms with Gasteiger partial charge in [-0.25, -0.2) is 0 Å². The van der Waals surface area contributed by atoms with Crippen molar-refractivity contribution in [2.45, 2.75) is 12.3 Å². The summed E-state index contributed by atoms with van der Waals surface area (Å²) in [5.41, 5.74) is 3.90.